The third-order valence-corrected chi connectivity index (χ3v) is 2.40. The van der Waals surface area contributed by atoms with Gasteiger partial charge in [-0.1, -0.05) is 0 Å². The Balaban J connectivity index is 2.24. The van der Waals surface area contributed by atoms with Crippen molar-refractivity contribution in [3.63, 3.8) is 0 Å². The Kier molecular flexibility index (Phi) is 2.98. The molecule has 5 heteroatoms. The van der Waals surface area contributed by atoms with Crippen molar-refractivity contribution in [1.29, 1.82) is 0 Å². The maximum absolute atomic E-state index is 11.7. The zero-order chi connectivity index (χ0) is 13.3. The summed E-state index contributed by atoms with van der Waals surface area (Å²) < 4.78 is 7.12. The minimum atomic E-state index is -0.507. The average Bonchev–Trinajstić information content (AvgIpc) is 2.59. The third-order valence-electron chi connectivity index (χ3n) is 2.40. The molecular weight excluding hydrogens is 230 g/mol. The van der Waals surface area contributed by atoms with Gasteiger partial charge >= 0.3 is 6.09 Å². The van der Waals surface area contributed by atoms with Crippen molar-refractivity contribution < 1.29 is 9.53 Å². The van der Waals surface area contributed by atoms with E-state index in [2.05, 4.69) is 10.3 Å². The van der Waals surface area contributed by atoms with Gasteiger partial charge in [0.05, 0.1) is 5.69 Å². The molecule has 2 aromatic rings. The first-order valence-electron chi connectivity index (χ1n) is 5.77. The number of pyridine rings is 1. The van der Waals surface area contributed by atoms with Crippen molar-refractivity contribution in [2.24, 2.45) is 7.05 Å². The van der Waals surface area contributed by atoms with Gasteiger partial charge in [0.25, 0.3) is 0 Å². The minimum absolute atomic E-state index is 0.459. The van der Waals surface area contributed by atoms with Crippen molar-refractivity contribution in [3.05, 3.63) is 24.5 Å². The molecule has 0 spiro atoms. The summed E-state index contributed by atoms with van der Waals surface area (Å²) >= 11 is 0. The molecule has 96 valence electrons. The molecular formula is C13H17N3O2. The van der Waals surface area contributed by atoms with E-state index in [1.807, 2.05) is 44.6 Å². The number of ether oxygens (including phenoxy) is 1. The van der Waals surface area contributed by atoms with Crippen LogP contribution < -0.4 is 5.32 Å². The van der Waals surface area contributed by atoms with E-state index < -0.39 is 11.7 Å². The van der Waals surface area contributed by atoms with E-state index in [1.165, 1.54) is 0 Å². The summed E-state index contributed by atoms with van der Waals surface area (Å²) in [5, 5.41) is 3.63. The van der Waals surface area contributed by atoms with Crippen LogP contribution in [0.25, 0.3) is 11.0 Å². The zero-order valence-corrected chi connectivity index (χ0v) is 11.0. The quantitative estimate of drug-likeness (QED) is 0.843. The number of aryl methyl sites for hydroxylation is 1. The topological polar surface area (TPSA) is 56.2 Å². The van der Waals surface area contributed by atoms with Gasteiger partial charge in [-0.25, -0.2) is 9.78 Å². The van der Waals surface area contributed by atoms with Crippen LogP contribution in [-0.2, 0) is 11.8 Å². The molecule has 0 aliphatic heterocycles. The highest BCUT2D eigenvalue weighted by molar-refractivity contribution is 5.97. The summed E-state index contributed by atoms with van der Waals surface area (Å²) in [6, 6.07) is 3.67. The molecule has 2 heterocycles. The van der Waals surface area contributed by atoms with Crippen molar-refractivity contribution in [3.8, 4) is 0 Å². The second-order valence-electron chi connectivity index (χ2n) is 5.15. The predicted octanol–water partition coefficient (Wildman–Crippen LogP) is 2.92. The summed E-state index contributed by atoms with van der Waals surface area (Å²) in [4.78, 5) is 16.0. The lowest BCUT2D eigenvalue weighted by atomic mass is 10.2. The number of nitrogens with zero attached hydrogens (tertiary/aromatic N) is 2. The van der Waals surface area contributed by atoms with Crippen LogP contribution in [0, 0.1) is 0 Å². The van der Waals surface area contributed by atoms with Gasteiger partial charge in [0.15, 0.2) is 0 Å². The van der Waals surface area contributed by atoms with E-state index >= 15 is 0 Å². The van der Waals surface area contributed by atoms with Gasteiger partial charge < -0.3 is 9.30 Å². The van der Waals surface area contributed by atoms with Gasteiger partial charge in [0.1, 0.15) is 11.2 Å². The number of hydrogen-bond donors (Lipinski definition) is 1. The lowest BCUT2D eigenvalue weighted by Crippen LogP contribution is -2.27. The zero-order valence-electron chi connectivity index (χ0n) is 11.0. The van der Waals surface area contributed by atoms with Crippen molar-refractivity contribution in [2.75, 3.05) is 5.32 Å². The van der Waals surface area contributed by atoms with Crippen LogP contribution in [-0.4, -0.2) is 21.2 Å². The van der Waals surface area contributed by atoms with Crippen LogP contribution in [0.4, 0.5) is 10.5 Å². The second-order valence-corrected chi connectivity index (χ2v) is 5.15. The van der Waals surface area contributed by atoms with Crippen molar-refractivity contribution in [1.82, 2.24) is 9.55 Å². The van der Waals surface area contributed by atoms with E-state index in [-0.39, 0.29) is 0 Å². The smallest absolute Gasteiger partial charge is 0.412 e. The van der Waals surface area contributed by atoms with Crippen molar-refractivity contribution in [2.45, 2.75) is 26.4 Å². The van der Waals surface area contributed by atoms with Crippen LogP contribution in [0.1, 0.15) is 20.8 Å². The molecule has 0 fully saturated rings. The number of amides is 1. The normalized spacial score (nSPS) is 11.6. The largest absolute Gasteiger partial charge is 0.444 e. The molecule has 0 bridgehead atoms. The lowest BCUT2D eigenvalue weighted by molar-refractivity contribution is 0.0636. The Hall–Kier alpha value is -2.04. The van der Waals surface area contributed by atoms with Crippen LogP contribution in [0.3, 0.4) is 0 Å². The first-order chi connectivity index (χ1) is 8.37. The minimum Gasteiger partial charge on any atom is -0.444 e. The van der Waals surface area contributed by atoms with Crippen LogP contribution in [0.2, 0.25) is 0 Å². The van der Waals surface area contributed by atoms with E-state index in [1.54, 1.807) is 12.3 Å². The monoisotopic (exact) mass is 247 g/mol. The molecule has 0 radical (unpaired) electrons. The summed E-state index contributed by atoms with van der Waals surface area (Å²) in [6.45, 7) is 5.49. The maximum atomic E-state index is 11.7. The van der Waals surface area contributed by atoms with Crippen LogP contribution in [0.5, 0.6) is 0 Å². The highest BCUT2D eigenvalue weighted by Gasteiger charge is 2.17. The molecule has 2 aromatic heterocycles. The summed E-state index contributed by atoms with van der Waals surface area (Å²) in [5.74, 6) is 0. The molecule has 2 rings (SSSR count). The van der Waals surface area contributed by atoms with E-state index in [9.17, 15) is 4.79 Å². The Bertz CT molecular complexity index is 581. The second kappa shape index (κ2) is 4.33. The first-order valence-corrected chi connectivity index (χ1v) is 5.77. The van der Waals surface area contributed by atoms with Gasteiger partial charge in [-0.3, -0.25) is 5.32 Å². The number of anilines is 1. The average molecular weight is 247 g/mol. The van der Waals surface area contributed by atoms with Gasteiger partial charge in [-0.15, -0.1) is 0 Å². The number of nitrogens with one attached hydrogen (secondary N) is 1. The lowest BCUT2D eigenvalue weighted by Gasteiger charge is -2.19. The van der Waals surface area contributed by atoms with E-state index in [0.29, 0.717) is 5.69 Å². The molecule has 0 aliphatic rings. The summed E-state index contributed by atoms with van der Waals surface area (Å²) in [6.07, 6.45) is 3.10. The molecule has 0 atom stereocenters. The predicted molar refractivity (Wildman–Crippen MR) is 70.6 cm³/mol. The van der Waals surface area contributed by atoms with E-state index in [4.69, 9.17) is 4.74 Å². The molecule has 0 aliphatic carbocycles. The number of fused-ring (bicyclic) bond motifs is 1. The highest BCUT2D eigenvalue weighted by atomic mass is 16.6. The Morgan fingerprint density at radius 2 is 2.11 bits per heavy atom. The molecule has 0 unspecified atom stereocenters. The van der Waals surface area contributed by atoms with Gasteiger partial charge in [0, 0.05) is 24.8 Å². The van der Waals surface area contributed by atoms with Gasteiger partial charge in [-0.2, -0.15) is 0 Å². The SMILES string of the molecule is Cn1ccc2c(NC(=O)OC(C)(C)C)ccnc21. The molecule has 0 aromatic carbocycles. The fourth-order valence-electron chi connectivity index (χ4n) is 1.69. The van der Waals surface area contributed by atoms with E-state index in [0.717, 1.165) is 11.0 Å². The summed E-state index contributed by atoms with van der Waals surface area (Å²) in [7, 11) is 1.91. The highest BCUT2D eigenvalue weighted by Crippen LogP contribution is 2.22. The molecule has 0 saturated carbocycles. The number of hydrogen-bond acceptors (Lipinski definition) is 3. The Morgan fingerprint density at radius 3 is 2.78 bits per heavy atom. The Labute approximate surface area is 106 Å². The van der Waals surface area contributed by atoms with Gasteiger partial charge in [-0.05, 0) is 32.9 Å². The van der Waals surface area contributed by atoms with Crippen LogP contribution >= 0.6 is 0 Å². The molecule has 0 saturated heterocycles. The summed E-state index contributed by atoms with van der Waals surface area (Å²) in [5.41, 5.74) is 1.02. The number of carbonyl (C=O) groups excluding carboxylic acids is 1. The fourth-order valence-corrected chi connectivity index (χ4v) is 1.69. The number of carbonyl (C=O) groups is 1. The number of rotatable bonds is 1. The van der Waals surface area contributed by atoms with Crippen molar-refractivity contribution >= 4 is 22.8 Å². The van der Waals surface area contributed by atoms with Crippen LogP contribution in [0.15, 0.2) is 24.5 Å². The van der Waals surface area contributed by atoms with Gasteiger partial charge in [0.2, 0.25) is 0 Å². The molecule has 18 heavy (non-hydrogen) atoms. The first kappa shape index (κ1) is 12.4. The molecule has 1 N–H and O–H groups in total. The maximum Gasteiger partial charge on any atom is 0.412 e. The number of aromatic nitrogens is 2. The molecule has 5 nitrogen and oxygen atoms in total. The standard InChI is InChI=1S/C13H17N3O2/c1-13(2,3)18-12(17)15-10-5-7-14-11-9(10)6-8-16(11)4/h5-8H,1-4H3,(H,14,15,17). The third kappa shape index (κ3) is 2.61. The molecule has 1 amide bonds. The Morgan fingerprint density at radius 1 is 1.39 bits per heavy atom. The fraction of sp³-hybridized carbons (Fsp3) is 0.385.